The molecule has 0 aliphatic carbocycles. The number of hydrogen-bond acceptors (Lipinski definition) is 5. The van der Waals surface area contributed by atoms with Crippen molar-refractivity contribution in [2.75, 3.05) is 5.32 Å². The van der Waals surface area contributed by atoms with Crippen LogP contribution in [0.5, 0.6) is 0 Å². The zero-order valence-corrected chi connectivity index (χ0v) is 11.1. The molecule has 0 saturated heterocycles. The standard InChI is InChI=1S/C14H14N2O4/c1-9-8-12(20-16-9)14(18)19-10(2)13(17)15-11-6-4-3-5-7-11/h3-8,10H,1-2H3,(H,15,17). The zero-order chi connectivity index (χ0) is 14.5. The maximum Gasteiger partial charge on any atom is 0.377 e. The van der Waals surface area contributed by atoms with Gasteiger partial charge in [0.25, 0.3) is 5.91 Å². The monoisotopic (exact) mass is 274 g/mol. The fraction of sp³-hybridized carbons (Fsp3) is 0.214. The van der Waals surface area contributed by atoms with E-state index in [1.807, 2.05) is 6.07 Å². The van der Waals surface area contributed by atoms with Gasteiger partial charge in [0.1, 0.15) is 0 Å². The molecule has 1 atom stereocenters. The smallest absolute Gasteiger partial charge is 0.377 e. The van der Waals surface area contributed by atoms with Crippen molar-refractivity contribution in [3.05, 3.63) is 47.9 Å². The van der Waals surface area contributed by atoms with Gasteiger partial charge >= 0.3 is 5.97 Å². The molecule has 0 aliphatic heterocycles. The number of nitrogens with zero attached hydrogens (tertiary/aromatic N) is 1. The Morgan fingerprint density at radius 3 is 2.60 bits per heavy atom. The first-order chi connectivity index (χ1) is 9.56. The lowest BCUT2D eigenvalue weighted by Gasteiger charge is -2.12. The van der Waals surface area contributed by atoms with Crippen molar-refractivity contribution in [3.8, 4) is 0 Å². The van der Waals surface area contributed by atoms with Crippen molar-refractivity contribution < 1.29 is 18.8 Å². The molecule has 1 unspecified atom stereocenters. The topological polar surface area (TPSA) is 81.4 Å². The Labute approximate surface area is 115 Å². The van der Waals surface area contributed by atoms with Crippen LogP contribution in [0.4, 0.5) is 5.69 Å². The zero-order valence-electron chi connectivity index (χ0n) is 11.1. The van der Waals surface area contributed by atoms with Gasteiger partial charge in [-0.05, 0) is 26.0 Å². The Morgan fingerprint density at radius 1 is 1.30 bits per heavy atom. The van der Waals surface area contributed by atoms with Gasteiger partial charge in [-0.15, -0.1) is 0 Å². The number of amides is 1. The first-order valence-electron chi connectivity index (χ1n) is 6.06. The van der Waals surface area contributed by atoms with Crippen LogP contribution in [0.15, 0.2) is 40.9 Å². The SMILES string of the molecule is Cc1cc(C(=O)OC(C)C(=O)Nc2ccccc2)on1. The number of carbonyl (C=O) groups is 2. The number of benzene rings is 1. The predicted octanol–water partition coefficient (Wildman–Crippen LogP) is 2.17. The molecular weight excluding hydrogens is 260 g/mol. The van der Waals surface area contributed by atoms with Crippen LogP contribution in [-0.4, -0.2) is 23.1 Å². The van der Waals surface area contributed by atoms with Gasteiger partial charge in [0.15, 0.2) is 6.10 Å². The number of nitrogens with one attached hydrogen (secondary N) is 1. The van der Waals surface area contributed by atoms with E-state index in [2.05, 4.69) is 10.5 Å². The van der Waals surface area contributed by atoms with Crippen LogP contribution in [-0.2, 0) is 9.53 Å². The van der Waals surface area contributed by atoms with Gasteiger partial charge in [-0.2, -0.15) is 0 Å². The van der Waals surface area contributed by atoms with Gasteiger partial charge < -0.3 is 14.6 Å². The molecule has 1 amide bonds. The van der Waals surface area contributed by atoms with E-state index in [4.69, 9.17) is 9.26 Å². The Balaban J connectivity index is 1.93. The molecule has 1 heterocycles. The fourth-order valence-electron chi connectivity index (χ4n) is 1.50. The lowest BCUT2D eigenvalue weighted by atomic mass is 10.3. The minimum atomic E-state index is -0.937. The van der Waals surface area contributed by atoms with Crippen LogP contribution in [0.25, 0.3) is 0 Å². The summed E-state index contributed by atoms with van der Waals surface area (Å²) in [4.78, 5) is 23.5. The van der Waals surface area contributed by atoms with Crippen molar-refractivity contribution in [2.45, 2.75) is 20.0 Å². The quantitative estimate of drug-likeness (QED) is 0.864. The van der Waals surface area contributed by atoms with Crippen molar-refractivity contribution in [1.29, 1.82) is 0 Å². The number of aryl methyl sites for hydroxylation is 1. The summed E-state index contributed by atoms with van der Waals surface area (Å²) in [6.45, 7) is 3.17. The number of rotatable bonds is 4. The number of ether oxygens (including phenoxy) is 1. The van der Waals surface area contributed by atoms with E-state index in [-0.39, 0.29) is 5.76 Å². The molecule has 1 aromatic carbocycles. The molecule has 6 heteroatoms. The maximum atomic E-state index is 11.8. The molecule has 104 valence electrons. The molecule has 1 N–H and O–H groups in total. The highest BCUT2D eigenvalue weighted by molar-refractivity contribution is 5.96. The normalized spacial score (nSPS) is 11.7. The maximum absolute atomic E-state index is 11.8. The summed E-state index contributed by atoms with van der Waals surface area (Å²) < 4.78 is 9.77. The summed E-state index contributed by atoms with van der Waals surface area (Å²) in [6.07, 6.45) is -0.937. The summed E-state index contributed by atoms with van der Waals surface area (Å²) >= 11 is 0. The van der Waals surface area contributed by atoms with Gasteiger partial charge in [-0.1, -0.05) is 23.4 Å². The fourth-order valence-corrected chi connectivity index (χ4v) is 1.50. The molecular formula is C14H14N2O4. The van der Waals surface area contributed by atoms with Crippen LogP contribution in [0.2, 0.25) is 0 Å². The number of para-hydroxylation sites is 1. The largest absolute Gasteiger partial charge is 0.447 e. The number of aromatic nitrogens is 1. The molecule has 0 radical (unpaired) electrons. The Bertz CT molecular complexity index is 607. The first kappa shape index (κ1) is 13.8. The van der Waals surface area contributed by atoms with E-state index in [1.165, 1.54) is 13.0 Å². The van der Waals surface area contributed by atoms with E-state index >= 15 is 0 Å². The van der Waals surface area contributed by atoms with Crippen LogP contribution >= 0.6 is 0 Å². The third-order valence-corrected chi connectivity index (χ3v) is 2.52. The predicted molar refractivity (Wildman–Crippen MR) is 71.2 cm³/mol. The molecule has 0 bridgehead atoms. The van der Waals surface area contributed by atoms with E-state index in [9.17, 15) is 9.59 Å². The minimum Gasteiger partial charge on any atom is -0.447 e. The first-order valence-corrected chi connectivity index (χ1v) is 6.06. The lowest BCUT2D eigenvalue weighted by Crippen LogP contribution is -2.29. The van der Waals surface area contributed by atoms with Crippen LogP contribution in [0, 0.1) is 6.92 Å². The highest BCUT2D eigenvalue weighted by atomic mass is 16.6. The van der Waals surface area contributed by atoms with Crippen LogP contribution in [0.1, 0.15) is 23.2 Å². The summed E-state index contributed by atoms with van der Waals surface area (Å²) in [5.74, 6) is -1.16. The summed E-state index contributed by atoms with van der Waals surface area (Å²) in [5, 5.41) is 6.22. The molecule has 0 spiro atoms. The van der Waals surface area contributed by atoms with E-state index < -0.39 is 18.0 Å². The third kappa shape index (κ3) is 3.44. The van der Waals surface area contributed by atoms with Crippen molar-refractivity contribution in [2.24, 2.45) is 0 Å². The minimum absolute atomic E-state index is 0.0261. The molecule has 0 fully saturated rings. The van der Waals surface area contributed by atoms with Crippen LogP contribution in [0.3, 0.4) is 0 Å². The van der Waals surface area contributed by atoms with Gasteiger partial charge in [0.05, 0.1) is 5.69 Å². The summed E-state index contributed by atoms with van der Waals surface area (Å²) in [7, 11) is 0. The van der Waals surface area contributed by atoms with E-state index in [1.54, 1.807) is 31.2 Å². The summed E-state index contributed by atoms with van der Waals surface area (Å²) in [5.41, 5.74) is 1.20. The van der Waals surface area contributed by atoms with E-state index in [0.717, 1.165) is 0 Å². The average Bonchev–Trinajstić information content (AvgIpc) is 2.86. The Hall–Kier alpha value is -2.63. The molecule has 0 saturated carbocycles. The van der Waals surface area contributed by atoms with Crippen LogP contribution < -0.4 is 5.32 Å². The average molecular weight is 274 g/mol. The van der Waals surface area contributed by atoms with Gasteiger partial charge in [0, 0.05) is 11.8 Å². The van der Waals surface area contributed by atoms with Gasteiger partial charge in [0.2, 0.25) is 5.76 Å². The number of hydrogen-bond donors (Lipinski definition) is 1. The molecule has 0 aliphatic rings. The molecule has 6 nitrogen and oxygen atoms in total. The third-order valence-electron chi connectivity index (χ3n) is 2.52. The second kappa shape index (κ2) is 6.01. The van der Waals surface area contributed by atoms with Gasteiger partial charge in [-0.25, -0.2) is 4.79 Å². The second-order valence-electron chi connectivity index (χ2n) is 4.24. The highest BCUT2D eigenvalue weighted by Gasteiger charge is 2.21. The lowest BCUT2D eigenvalue weighted by molar-refractivity contribution is -0.123. The van der Waals surface area contributed by atoms with Gasteiger partial charge in [-0.3, -0.25) is 4.79 Å². The number of esters is 1. The molecule has 20 heavy (non-hydrogen) atoms. The number of carbonyl (C=O) groups excluding carboxylic acids is 2. The Kier molecular flexibility index (Phi) is 4.14. The molecule has 2 aromatic rings. The second-order valence-corrected chi connectivity index (χ2v) is 4.24. The number of anilines is 1. The highest BCUT2D eigenvalue weighted by Crippen LogP contribution is 2.09. The van der Waals surface area contributed by atoms with Crippen molar-refractivity contribution >= 4 is 17.6 Å². The van der Waals surface area contributed by atoms with Crippen molar-refractivity contribution in [1.82, 2.24) is 5.16 Å². The summed E-state index contributed by atoms with van der Waals surface area (Å²) in [6, 6.07) is 10.4. The van der Waals surface area contributed by atoms with Crippen molar-refractivity contribution in [3.63, 3.8) is 0 Å². The van der Waals surface area contributed by atoms with E-state index in [0.29, 0.717) is 11.4 Å². The molecule has 2 rings (SSSR count). The molecule has 1 aromatic heterocycles. The Morgan fingerprint density at radius 2 is 2.00 bits per heavy atom.